The van der Waals surface area contributed by atoms with Crippen LogP contribution in [0.5, 0.6) is 0 Å². The minimum absolute atomic E-state index is 0.0765. The molecule has 1 atom stereocenters. The largest absolute Gasteiger partial charge is 0.755 e. The van der Waals surface area contributed by atoms with Gasteiger partial charge in [-0.3, -0.25) is 4.21 Å². The molecule has 24 heavy (non-hydrogen) atoms. The molecule has 0 aliphatic carbocycles. The van der Waals surface area contributed by atoms with Gasteiger partial charge < -0.3 is 9.27 Å². The van der Waals surface area contributed by atoms with Crippen molar-refractivity contribution in [3.8, 4) is 0 Å². The summed E-state index contributed by atoms with van der Waals surface area (Å²) < 4.78 is 73.5. The molecule has 0 bridgehead atoms. The van der Waals surface area contributed by atoms with Crippen LogP contribution in [-0.4, -0.2) is 23.4 Å². The Morgan fingerprint density at radius 1 is 1.17 bits per heavy atom. The Morgan fingerprint density at radius 2 is 1.88 bits per heavy atom. The van der Waals surface area contributed by atoms with Gasteiger partial charge in [-0.15, -0.1) is 0 Å². The lowest BCUT2D eigenvalue weighted by atomic mass is 10.2. The van der Waals surface area contributed by atoms with E-state index in [0.717, 1.165) is 24.1 Å². The fourth-order valence-corrected chi connectivity index (χ4v) is 4.07. The number of anilines is 1. The molecule has 0 aromatic heterocycles. The highest BCUT2D eigenvalue weighted by Gasteiger charge is 2.12. The quantitative estimate of drug-likeness (QED) is 0.764. The van der Waals surface area contributed by atoms with Crippen molar-refractivity contribution in [2.75, 3.05) is 11.0 Å². The van der Waals surface area contributed by atoms with Crippen LogP contribution in [0, 0.1) is 11.6 Å². The van der Waals surface area contributed by atoms with Crippen LogP contribution in [0.3, 0.4) is 0 Å². The molecule has 2 aromatic carbocycles. The fraction of sp³-hybridized carbons (Fsp3) is 0.143. The molecular formula is C14H12F2NO4S3-. The topological polar surface area (TPSA) is 86.3 Å². The second-order valence-corrected chi connectivity index (χ2v) is 8.81. The summed E-state index contributed by atoms with van der Waals surface area (Å²) in [7, 11) is -3.29. The zero-order valence-electron chi connectivity index (χ0n) is 12.3. The fourth-order valence-electron chi connectivity index (χ4n) is 1.89. The third kappa shape index (κ3) is 5.55. The maximum absolute atomic E-state index is 13.8. The zero-order valence-corrected chi connectivity index (χ0v) is 14.7. The highest BCUT2D eigenvalue weighted by atomic mass is 32.2. The van der Waals surface area contributed by atoms with Crippen molar-refractivity contribution in [3.63, 3.8) is 0 Å². The smallest absolute Gasteiger partial charge is 0.151 e. The Labute approximate surface area is 144 Å². The molecule has 0 saturated heterocycles. The standard InChI is InChI=1S/C14H13F2NO4S3/c1-24(20,21)8-9-2-4-12(17-23(18)19)14(6-9)22-13-5-3-10(15)7-11(13)16/h2-7,17H,8H2,1H3,(H,18,19)/p-1. The lowest BCUT2D eigenvalue weighted by molar-refractivity contribution is 0.542. The maximum atomic E-state index is 13.8. The van der Waals surface area contributed by atoms with E-state index in [1.165, 1.54) is 24.3 Å². The van der Waals surface area contributed by atoms with Crippen LogP contribution in [0.4, 0.5) is 14.5 Å². The Kier molecular flexibility index (Phi) is 5.97. The average Bonchev–Trinajstić information content (AvgIpc) is 2.42. The van der Waals surface area contributed by atoms with Crippen molar-refractivity contribution in [2.45, 2.75) is 15.5 Å². The van der Waals surface area contributed by atoms with E-state index in [9.17, 15) is 26.0 Å². The predicted octanol–water partition coefficient (Wildman–Crippen LogP) is 2.87. The van der Waals surface area contributed by atoms with E-state index in [-0.39, 0.29) is 16.3 Å². The number of sulfone groups is 1. The highest BCUT2D eigenvalue weighted by molar-refractivity contribution is 7.99. The van der Waals surface area contributed by atoms with E-state index < -0.39 is 32.7 Å². The van der Waals surface area contributed by atoms with Crippen LogP contribution >= 0.6 is 11.8 Å². The summed E-state index contributed by atoms with van der Waals surface area (Å²) >= 11 is -1.75. The molecule has 0 saturated carbocycles. The van der Waals surface area contributed by atoms with E-state index in [1.54, 1.807) is 0 Å². The third-order valence-electron chi connectivity index (χ3n) is 2.78. The molecule has 10 heteroatoms. The first-order valence-corrected chi connectivity index (χ1v) is 10.4. The Bertz CT molecular complexity index is 888. The molecule has 1 N–H and O–H groups in total. The molecule has 0 fully saturated rings. The van der Waals surface area contributed by atoms with Crippen molar-refractivity contribution in [2.24, 2.45) is 0 Å². The molecule has 2 rings (SSSR count). The summed E-state index contributed by atoms with van der Waals surface area (Å²) in [5.74, 6) is -1.78. The van der Waals surface area contributed by atoms with E-state index in [4.69, 9.17) is 0 Å². The zero-order chi connectivity index (χ0) is 17.9. The van der Waals surface area contributed by atoms with Gasteiger partial charge in [0, 0.05) is 33.4 Å². The van der Waals surface area contributed by atoms with Gasteiger partial charge in [-0.25, -0.2) is 17.2 Å². The maximum Gasteiger partial charge on any atom is 0.151 e. The van der Waals surface area contributed by atoms with E-state index >= 15 is 0 Å². The summed E-state index contributed by atoms with van der Waals surface area (Å²) in [6.45, 7) is 0. The van der Waals surface area contributed by atoms with Gasteiger partial charge in [0.15, 0.2) is 9.84 Å². The second kappa shape index (κ2) is 7.60. The normalized spacial score (nSPS) is 12.8. The van der Waals surface area contributed by atoms with Gasteiger partial charge in [0.25, 0.3) is 0 Å². The van der Waals surface area contributed by atoms with Gasteiger partial charge in [-0.2, -0.15) is 0 Å². The molecule has 1 unspecified atom stereocenters. The first-order valence-electron chi connectivity index (χ1n) is 6.43. The number of hydrogen-bond acceptors (Lipinski definition) is 5. The lowest BCUT2D eigenvalue weighted by Crippen LogP contribution is -2.05. The van der Waals surface area contributed by atoms with Crippen LogP contribution in [0.15, 0.2) is 46.2 Å². The first kappa shape index (κ1) is 18.8. The minimum atomic E-state index is -3.29. The highest BCUT2D eigenvalue weighted by Crippen LogP contribution is 2.36. The Hall–Kier alpha value is -1.49. The summed E-state index contributed by atoms with van der Waals surface area (Å²) in [6, 6.07) is 7.30. The van der Waals surface area contributed by atoms with Gasteiger partial charge >= 0.3 is 0 Å². The van der Waals surface area contributed by atoms with Gasteiger partial charge in [0.2, 0.25) is 0 Å². The van der Waals surface area contributed by atoms with Crippen LogP contribution < -0.4 is 4.72 Å². The summed E-state index contributed by atoms with van der Waals surface area (Å²) in [5, 5.41) is 0. The Morgan fingerprint density at radius 3 is 2.46 bits per heavy atom. The van der Waals surface area contributed by atoms with Crippen LogP contribution in [-0.2, 0) is 26.9 Å². The lowest BCUT2D eigenvalue weighted by Gasteiger charge is -2.15. The van der Waals surface area contributed by atoms with E-state index in [2.05, 4.69) is 4.72 Å². The third-order valence-corrected chi connectivity index (χ3v) is 5.13. The minimum Gasteiger partial charge on any atom is -0.755 e. The molecule has 130 valence electrons. The molecule has 0 aliphatic rings. The molecular weight excluding hydrogens is 380 g/mol. The van der Waals surface area contributed by atoms with Crippen LogP contribution in [0.1, 0.15) is 5.56 Å². The number of hydrogen-bond donors (Lipinski definition) is 1. The van der Waals surface area contributed by atoms with Crippen LogP contribution in [0.25, 0.3) is 0 Å². The molecule has 5 nitrogen and oxygen atoms in total. The average molecular weight is 392 g/mol. The molecule has 0 spiro atoms. The molecule has 0 heterocycles. The van der Waals surface area contributed by atoms with E-state index in [1.807, 2.05) is 0 Å². The first-order chi connectivity index (χ1) is 11.1. The van der Waals surface area contributed by atoms with Crippen LogP contribution in [0.2, 0.25) is 0 Å². The summed E-state index contributed by atoms with van der Waals surface area (Å²) in [5.41, 5.74) is 0.582. The van der Waals surface area contributed by atoms with Gasteiger partial charge in [-0.1, -0.05) is 17.8 Å². The summed E-state index contributed by atoms with van der Waals surface area (Å²) in [6.07, 6.45) is 1.07. The monoisotopic (exact) mass is 392 g/mol. The van der Waals surface area contributed by atoms with Gasteiger partial charge in [0.1, 0.15) is 11.6 Å². The molecule has 0 amide bonds. The molecule has 0 radical (unpaired) electrons. The van der Waals surface area contributed by atoms with Crippen molar-refractivity contribution in [3.05, 3.63) is 53.6 Å². The Balaban J connectivity index is 2.42. The van der Waals surface area contributed by atoms with Crippen molar-refractivity contribution < 1.29 is 26.0 Å². The molecule has 2 aromatic rings. The van der Waals surface area contributed by atoms with Gasteiger partial charge in [0.05, 0.1) is 11.4 Å². The van der Waals surface area contributed by atoms with Crippen molar-refractivity contribution >= 4 is 38.6 Å². The van der Waals surface area contributed by atoms with Crippen molar-refractivity contribution in [1.82, 2.24) is 0 Å². The number of rotatable bonds is 6. The molecule has 0 aliphatic heterocycles. The number of halogens is 2. The predicted molar refractivity (Wildman–Crippen MR) is 88.0 cm³/mol. The van der Waals surface area contributed by atoms with E-state index in [0.29, 0.717) is 16.5 Å². The number of benzene rings is 2. The SMILES string of the molecule is CS(=O)(=O)Cc1ccc(NS(=O)[O-])c(Sc2ccc(F)cc2F)c1. The van der Waals surface area contributed by atoms with Gasteiger partial charge in [-0.05, 0) is 29.8 Å². The summed E-state index contributed by atoms with van der Waals surface area (Å²) in [4.78, 5) is 0.374. The second-order valence-electron chi connectivity index (χ2n) is 4.91. The number of nitrogens with one attached hydrogen (secondary N) is 1. The van der Waals surface area contributed by atoms with Crippen molar-refractivity contribution in [1.29, 1.82) is 0 Å².